The lowest BCUT2D eigenvalue weighted by Gasteiger charge is -2.16. The van der Waals surface area contributed by atoms with Gasteiger partial charge in [0, 0.05) is 29.9 Å². The third-order valence-corrected chi connectivity index (χ3v) is 6.95. The first-order valence-electron chi connectivity index (χ1n) is 9.91. The van der Waals surface area contributed by atoms with E-state index in [9.17, 15) is 18.0 Å². The lowest BCUT2D eigenvalue weighted by atomic mass is 10.2. The fourth-order valence-corrected chi connectivity index (χ4v) is 4.83. The average molecular weight is 426 g/mol. The normalized spacial score (nSPS) is 17.8. The van der Waals surface area contributed by atoms with Crippen LogP contribution in [0.5, 0.6) is 0 Å². The molecule has 4 rings (SSSR count). The van der Waals surface area contributed by atoms with Crippen LogP contribution in [0.15, 0.2) is 54.6 Å². The van der Waals surface area contributed by atoms with Crippen LogP contribution in [0.25, 0.3) is 6.08 Å². The van der Waals surface area contributed by atoms with Crippen molar-refractivity contribution in [3.63, 3.8) is 0 Å². The number of carbonyl (C=O) groups is 2. The number of nitrogens with zero attached hydrogens (tertiary/aromatic N) is 1. The number of anilines is 3. The largest absolute Gasteiger partial charge is 0.326 e. The molecule has 2 N–H and O–H groups in total. The molecule has 1 heterocycles. The Morgan fingerprint density at radius 1 is 0.933 bits per heavy atom. The Bertz CT molecular complexity index is 1070. The summed E-state index contributed by atoms with van der Waals surface area (Å²) in [5.41, 5.74) is 2.77. The van der Waals surface area contributed by atoms with E-state index in [1.54, 1.807) is 54.6 Å². The monoisotopic (exact) mass is 425 g/mol. The lowest BCUT2D eigenvalue weighted by Crippen LogP contribution is -2.24. The van der Waals surface area contributed by atoms with E-state index in [0.29, 0.717) is 30.0 Å². The second kappa shape index (κ2) is 8.31. The van der Waals surface area contributed by atoms with Gasteiger partial charge in [-0.3, -0.25) is 13.9 Å². The number of benzene rings is 2. The zero-order valence-electron chi connectivity index (χ0n) is 16.4. The number of sulfonamides is 1. The molecule has 8 heteroatoms. The summed E-state index contributed by atoms with van der Waals surface area (Å²) in [6, 6.07) is 14.0. The van der Waals surface area contributed by atoms with Gasteiger partial charge in [0.15, 0.2) is 0 Å². The van der Waals surface area contributed by atoms with Crippen molar-refractivity contribution in [1.29, 1.82) is 0 Å². The van der Waals surface area contributed by atoms with Crippen LogP contribution < -0.4 is 14.9 Å². The van der Waals surface area contributed by atoms with Crippen LogP contribution in [0.2, 0.25) is 0 Å². The Balaban J connectivity index is 1.31. The molecule has 1 aliphatic heterocycles. The first kappa shape index (κ1) is 20.2. The Kier molecular flexibility index (Phi) is 5.59. The van der Waals surface area contributed by atoms with E-state index in [0.717, 1.165) is 18.4 Å². The van der Waals surface area contributed by atoms with Gasteiger partial charge >= 0.3 is 0 Å². The Morgan fingerprint density at radius 3 is 2.13 bits per heavy atom. The summed E-state index contributed by atoms with van der Waals surface area (Å²) in [6.45, 7) is 0.503. The van der Waals surface area contributed by atoms with Crippen molar-refractivity contribution in [2.24, 2.45) is 5.92 Å². The van der Waals surface area contributed by atoms with Crippen LogP contribution in [0, 0.1) is 5.92 Å². The zero-order valence-corrected chi connectivity index (χ0v) is 17.2. The third kappa shape index (κ3) is 4.88. The summed E-state index contributed by atoms with van der Waals surface area (Å²) in [5.74, 6) is 0.0882. The molecule has 2 amide bonds. The standard InChI is InChI=1S/C22H23N3O4S/c26-21(23-18-7-9-19(10-8-18)24-22(27)17-5-6-17)13-4-16-2-11-20(12-3-16)25-14-1-15-30(25,28)29/h2-4,7-13,17H,1,5-6,14-15H2,(H,23,26)(H,24,27)/b13-4+. The minimum absolute atomic E-state index is 0.0445. The molecule has 0 bridgehead atoms. The molecule has 0 spiro atoms. The molecule has 30 heavy (non-hydrogen) atoms. The van der Waals surface area contributed by atoms with Crippen LogP contribution >= 0.6 is 0 Å². The van der Waals surface area contributed by atoms with Crippen LogP contribution in [-0.4, -0.2) is 32.5 Å². The van der Waals surface area contributed by atoms with Gasteiger partial charge in [-0.2, -0.15) is 0 Å². The van der Waals surface area contributed by atoms with Crippen molar-refractivity contribution in [2.45, 2.75) is 19.3 Å². The minimum atomic E-state index is -3.20. The highest BCUT2D eigenvalue weighted by Crippen LogP contribution is 2.30. The van der Waals surface area contributed by atoms with Gasteiger partial charge in [0.25, 0.3) is 0 Å². The zero-order chi connectivity index (χ0) is 21.1. The minimum Gasteiger partial charge on any atom is -0.326 e. The van der Waals surface area contributed by atoms with Gasteiger partial charge < -0.3 is 10.6 Å². The summed E-state index contributed by atoms with van der Waals surface area (Å²) >= 11 is 0. The van der Waals surface area contributed by atoms with Gasteiger partial charge in [0.05, 0.1) is 11.4 Å². The molecule has 0 unspecified atom stereocenters. The maximum Gasteiger partial charge on any atom is 0.248 e. The molecule has 2 aliphatic rings. The third-order valence-electron chi connectivity index (χ3n) is 5.08. The average Bonchev–Trinajstić information content (AvgIpc) is 3.52. The molecular formula is C22H23N3O4S. The van der Waals surface area contributed by atoms with Gasteiger partial charge in [-0.15, -0.1) is 0 Å². The molecule has 1 aliphatic carbocycles. The second-order valence-corrected chi connectivity index (χ2v) is 9.51. The lowest BCUT2D eigenvalue weighted by molar-refractivity contribution is -0.117. The first-order chi connectivity index (χ1) is 14.4. The molecule has 0 radical (unpaired) electrons. The van der Waals surface area contributed by atoms with E-state index < -0.39 is 10.0 Å². The number of nitrogens with one attached hydrogen (secondary N) is 2. The predicted octanol–water partition coefficient (Wildman–Crippen LogP) is 3.23. The molecule has 0 atom stereocenters. The molecule has 2 aromatic rings. The maximum atomic E-state index is 12.2. The highest BCUT2D eigenvalue weighted by molar-refractivity contribution is 7.93. The van der Waals surface area contributed by atoms with E-state index in [2.05, 4.69) is 10.6 Å². The van der Waals surface area contributed by atoms with Gasteiger partial charge in [0.1, 0.15) is 0 Å². The van der Waals surface area contributed by atoms with Crippen LogP contribution in [-0.2, 0) is 19.6 Å². The van der Waals surface area contributed by atoms with E-state index in [4.69, 9.17) is 0 Å². The summed E-state index contributed by atoms with van der Waals surface area (Å²) in [5, 5.41) is 5.62. The number of rotatable bonds is 6. The summed E-state index contributed by atoms with van der Waals surface area (Å²) in [4.78, 5) is 23.9. The quantitative estimate of drug-likeness (QED) is 0.695. The Morgan fingerprint density at radius 2 is 1.57 bits per heavy atom. The van der Waals surface area contributed by atoms with Crippen molar-refractivity contribution in [1.82, 2.24) is 0 Å². The molecule has 1 saturated carbocycles. The topological polar surface area (TPSA) is 95.6 Å². The molecule has 1 saturated heterocycles. The van der Waals surface area contributed by atoms with Gasteiger partial charge in [0.2, 0.25) is 21.8 Å². The highest BCUT2D eigenvalue weighted by Gasteiger charge is 2.29. The second-order valence-electron chi connectivity index (χ2n) is 7.50. The van der Waals surface area contributed by atoms with Gasteiger partial charge in [-0.25, -0.2) is 8.42 Å². The van der Waals surface area contributed by atoms with E-state index in [-0.39, 0.29) is 23.5 Å². The molecule has 7 nitrogen and oxygen atoms in total. The Labute approximate surface area is 175 Å². The van der Waals surface area contributed by atoms with Crippen molar-refractivity contribution < 1.29 is 18.0 Å². The molecule has 0 aromatic heterocycles. The Hall–Kier alpha value is -3.13. The number of amides is 2. The summed E-state index contributed by atoms with van der Waals surface area (Å²) < 4.78 is 25.4. The van der Waals surface area contributed by atoms with E-state index in [1.807, 2.05) is 0 Å². The fraction of sp³-hybridized carbons (Fsp3) is 0.273. The van der Waals surface area contributed by atoms with Crippen molar-refractivity contribution in [3.05, 3.63) is 60.2 Å². The fourth-order valence-electron chi connectivity index (χ4n) is 3.26. The predicted molar refractivity (Wildman–Crippen MR) is 118 cm³/mol. The molecule has 156 valence electrons. The molecule has 2 aromatic carbocycles. The number of hydrogen-bond donors (Lipinski definition) is 2. The smallest absolute Gasteiger partial charge is 0.248 e. The molecular weight excluding hydrogens is 402 g/mol. The van der Waals surface area contributed by atoms with Crippen molar-refractivity contribution in [2.75, 3.05) is 27.2 Å². The first-order valence-corrected chi connectivity index (χ1v) is 11.5. The van der Waals surface area contributed by atoms with Gasteiger partial charge in [-0.05, 0) is 67.3 Å². The van der Waals surface area contributed by atoms with Crippen molar-refractivity contribution in [3.8, 4) is 0 Å². The number of carbonyl (C=O) groups excluding carboxylic acids is 2. The van der Waals surface area contributed by atoms with Crippen LogP contribution in [0.4, 0.5) is 17.1 Å². The number of hydrogen-bond acceptors (Lipinski definition) is 4. The summed E-state index contributed by atoms with van der Waals surface area (Å²) in [7, 11) is -3.20. The molecule has 2 fully saturated rings. The van der Waals surface area contributed by atoms with E-state index >= 15 is 0 Å². The van der Waals surface area contributed by atoms with E-state index in [1.165, 1.54) is 10.4 Å². The maximum absolute atomic E-state index is 12.2. The van der Waals surface area contributed by atoms with Gasteiger partial charge in [-0.1, -0.05) is 12.1 Å². The van der Waals surface area contributed by atoms with Crippen LogP contribution in [0.1, 0.15) is 24.8 Å². The highest BCUT2D eigenvalue weighted by atomic mass is 32.2. The SMILES string of the molecule is O=C(/C=C/c1ccc(N2CCCS2(=O)=O)cc1)Nc1ccc(NC(=O)C2CC2)cc1. The summed E-state index contributed by atoms with van der Waals surface area (Å²) in [6.07, 6.45) is 5.63. The van der Waals surface area contributed by atoms with Crippen LogP contribution in [0.3, 0.4) is 0 Å². The van der Waals surface area contributed by atoms with Crippen molar-refractivity contribution >= 4 is 45.0 Å².